The van der Waals surface area contributed by atoms with E-state index in [0.717, 1.165) is 32.0 Å². The molecule has 6 nitrogen and oxygen atoms in total. The number of piperazine rings is 1. The molecule has 2 fully saturated rings. The van der Waals surface area contributed by atoms with Crippen molar-refractivity contribution in [2.24, 2.45) is 5.92 Å². The first-order chi connectivity index (χ1) is 13.5. The van der Waals surface area contributed by atoms with Gasteiger partial charge in [0.05, 0.1) is 12.1 Å². The van der Waals surface area contributed by atoms with Gasteiger partial charge < -0.3 is 4.90 Å². The summed E-state index contributed by atoms with van der Waals surface area (Å²) in [7, 11) is 0. The van der Waals surface area contributed by atoms with Crippen LogP contribution in [0.4, 0.5) is 5.69 Å². The minimum Gasteiger partial charge on any atom is -0.369 e. The zero-order valence-electron chi connectivity index (χ0n) is 17.8. The fourth-order valence-electron chi connectivity index (χ4n) is 4.99. The van der Waals surface area contributed by atoms with Gasteiger partial charge in [-0.25, -0.2) is 4.68 Å². The summed E-state index contributed by atoms with van der Waals surface area (Å²) in [6.45, 7) is 13.2. The second-order valence-corrected chi connectivity index (χ2v) is 8.92. The summed E-state index contributed by atoms with van der Waals surface area (Å²) in [4.78, 5) is 5.14. The van der Waals surface area contributed by atoms with Crippen LogP contribution in [-0.4, -0.2) is 51.3 Å². The topological polar surface area (TPSA) is 50.1 Å². The van der Waals surface area contributed by atoms with Gasteiger partial charge in [0.25, 0.3) is 0 Å². The lowest BCUT2D eigenvalue weighted by Gasteiger charge is -2.41. The van der Waals surface area contributed by atoms with Gasteiger partial charge in [0.1, 0.15) is 0 Å². The van der Waals surface area contributed by atoms with Crippen molar-refractivity contribution in [3.05, 3.63) is 35.2 Å². The second kappa shape index (κ2) is 8.19. The second-order valence-electron chi connectivity index (χ2n) is 8.92. The zero-order valence-corrected chi connectivity index (χ0v) is 17.8. The van der Waals surface area contributed by atoms with Crippen LogP contribution >= 0.6 is 0 Å². The third kappa shape index (κ3) is 3.79. The first-order valence-corrected chi connectivity index (χ1v) is 10.9. The van der Waals surface area contributed by atoms with Gasteiger partial charge in [-0.05, 0) is 60.2 Å². The molecule has 1 atom stereocenters. The molecule has 0 amide bonds. The summed E-state index contributed by atoms with van der Waals surface area (Å²) in [5, 5.41) is 13.0. The van der Waals surface area contributed by atoms with Crippen LogP contribution in [0.25, 0.3) is 0 Å². The number of rotatable bonds is 5. The number of anilines is 1. The lowest BCUT2D eigenvalue weighted by molar-refractivity contribution is 0.132. The van der Waals surface area contributed by atoms with Crippen LogP contribution in [0.1, 0.15) is 68.6 Å². The predicted molar refractivity (Wildman–Crippen MR) is 113 cm³/mol. The molecule has 152 valence electrons. The third-order valence-electron chi connectivity index (χ3n) is 6.50. The maximum atomic E-state index is 4.51. The predicted octanol–water partition coefficient (Wildman–Crippen LogP) is 3.92. The van der Waals surface area contributed by atoms with Crippen LogP contribution < -0.4 is 4.90 Å². The summed E-state index contributed by atoms with van der Waals surface area (Å²) in [6.07, 6.45) is 5.02. The van der Waals surface area contributed by atoms with Crippen molar-refractivity contribution in [1.29, 1.82) is 0 Å². The van der Waals surface area contributed by atoms with Gasteiger partial charge in [-0.15, -0.1) is 5.10 Å². The average Bonchev–Trinajstić information content (AvgIpc) is 3.36. The maximum Gasteiger partial charge on any atom is 0.168 e. The highest BCUT2D eigenvalue weighted by atomic mass is 15.6. The molecule has 0 bridgehead atoms. The van der Waals surface area contributed by atoms with E-state index in [4.69, 9.17) is 0 Å². The number of tetrazole rings is 1. The summed E-state index contributed by atoms with van der Waals surface area (Å²) in [5.74, 6) is 1.56. The summed E-state index contributed by atoms with van der Waals surface area (Å²) in [5.41, 5.74) is 4.08. The lowest BCUT2D eigenvalue weighted by Crippen LogP contribution is -2.49. The molecule has 1 saturated heterocycles. The van der Waals surface area contributed by atoms with Crippen LogP contribution in [0.15, 0.2) is 18.2 Å². The number of hydrogen-bond donors (Lipinski definition) is 0. The molecule has 1 aliphatic carbocycles. The minimum absolute atomic E-state index is 0.288. The fourth-order valence-corrected chi connectivity index (χ4v) is 4.99. The molecule has 0 radical (unpaired) electrons. The van der Waals surface area contributed by atoms with E-state index in [2.05, 4.69) is 75.9 Å². The van der Waals surface area contributed by atoms with Gasteiger partial charge in [0.2, 0.25) is 0 Å². The minimum atomic E-state index is 0.288. The van der Waals surface area contributed by atoms with Crippen molar-refractivity contribution in [2.45, 2.75) is 65.5 Å². The number of aryl methyl sites for hydroxylation is 2. The van der Waals surface area contributed by atoms with Gasteiger partial charge >= 0.3 is 0 Å². The molecule has 1 aliphatic heterocycles. The molecule has 1 aromatic heterocycles. The van der Waals surface area contributed by atoms with E-state index >= 15 is 0 Å². The molecule has 4 rings (SSSR count). The van der Waals surface area contributed by atoms with Crippen molar-refractivity contribution in [3.8, 4) is 0 Å². The largest absolute Gasteiger partial charge is 0.369 e. The van der Waals surface area contributed by atoms with Crippen LogP contribution in [-0.2, 0) is 0 Å². The van der Waals surface area contributed by atoms with E-state index in [1.807, 2.05) is 0 Å². The highest BCUT2D eigenvalue weighted by Gasteiger charge is 2.33. The zero-order chi connectivity index (χ0) is 19.7. The highest BCUT2D eigenvalue weighted by Crippen LogP contribution is 2.34. The Kier molecular flexibility index (Phi) is 5.67. The molecule has 2 aromatic rings. The maximum absolute atomic E-state index is 4.51. The molecule has 2 heterocycles. The van der Waals surface area contributed by atoms with E-state index < -0.39 is 0 Å². The van der Waals surface area contributed by atoms with Crippen molar-refractivity contribution >= 4 is 5.69 Å². The Bertz CT molecular complexity index is 784. The van der Waals surface area contributed by atoms with Crippen molar-refractivity contribution in [2.75, 3.05) is 31.1 Å². The fraction of sp³-hybridized carbons (Fsp3) is 0.682. The summed E-state index contributed by atoms with van der Waals surface area (Å²) >= 11 is 0. The first-order valence-electron chi connectivity index (χ1n) is 10.9. The standard InChI is InChI=1S/C22H34N6/c1-16(2)21(22-23-24-25-28(22)19-7-5-6-8-19)27-13-11-26(12-14-27)20-15-17(3)9-10-18(20)4/h9-10,15-16,19,21H,5-8,11-14H2,1-4H3/t21-/m1/s1. The Morgan fingerprint density at radius 1 is 1.00 bits per heavy atom. The molecule has 28 heavy (non-hydrogen) atoms. The van der Waals surface area contributed by atoms with Gasteiger partial charge in [-0.3, -0.25) is 4.90 Å². The molecular formula is C22H34N6. The number of nitrogens with zero attached hydrogens (tertiary/aromatic N) is 6. The first kappa shape index (κ1) is 19.4. The van der Waals surface area contributed by atoms with E-state index in [0.29, 0.717) is 12.0 Å². The van der Waals surface area contributed by atoms with Crippen molar-refractivity contribution < 1.29 is 0 Å². The Morgan fingerprint density at radius 3 is 2.39 bits per heavy atom. The van der Waals surface area contributed by atoms with Crippen molar-refractivity contribution in [1.82, 2.24) is 25.1 Å². The lowest BCUT2D eigenvalue weighted by atomic mass is 10.00. The van der Waals surface area contributed by atoms with Crippen molar-refractivity contribution in [3.63, 3.8) is 0 Å². The van der Waals surface area contributed by atoms with Crippen LogP contribution in [0.2, 0.25) is 0 Å². The molecular weight excluding hydrogens is 348 g/mol. The molecule has 1 saturated carbocycles. The van der Waals surface area contributed by atoms with Crippen LogP contribution in [0, 0.1) is 19.8 Å². The Labute approximate surface area is 168 Å². The van der Waals surface area contributed by atoms with Gasteiger partial charge in [-0.1, -0.05) is 38.8 Å². The molecule has 1 aromatic carbocycles. The van der Waals surface area contributed by atoms with Crippen LogP contribution in [0.5, 0.6) is 0 Å². The average molecular weight is 383 g/mol. The van der Waals surface area contributed by atoms with E-state index in [1.165, 1.54) is 42.5 Å². The molecule has 0 N–H and O–H groups in total. The monoisotopic (exact) mass is 382 g/mol. The smallest absolute Gasteiger partial charge is 0.168 e. The Balaban J connectivity index is 1.50. The van der Waals surface area contributed by atoms with E-state index in [1.54, 1.807) is 0 Å². The Morgan fingerprint density at radius 2 is 1.71 bits per heavy atom. The van der Waals surface area contributed by atoms with Gasteiger partial charge in [0.15, 0.2) is 5.82 Å². The normalized spacial score (nSPS) is 20.2. The van der Waals surface area contributed by atoms with Gasteiger partial charge in [0, 0.05) is 31.9 Å². The number of hydrogen-bond acceptors (Lipinski definition) is 5. The molecule has 2 aliphatic rings. The number of aromatic nitrogens is 4. The summed E-state index contributed by atoms with van der Waals surface area (Å²) in [6, 6.07) is 7.54. The molecule has 6 heteroatoms. The van der Waals surface area contributed by atoms with Gasteiger partial charge in [-0.2, -0.15) is 0 Å². The van der Waals surface area contributed by atoms with Crippen LogP contribution in [0.3, 0.4) is 0 Å². The van der Waals surface area contributed by atoms with E-state index in [9.17, 15) is 0 Å². The molecule has 0 unspecified atom stereocenters. The Hall–Kier alpha value is -1.95. The van der Waals surface area contributed by atoms with E-state index in [-0.39, 0.29) is 6.04 Å². The SMILES string of the molecule is Cc1ccc(C)c(N2CCN([C@@H](c3nnnn3C3CCCC3)C(C)C)CC2)c1. The quantitative estimate of drug-likeness (QED) is 0.784. The third-order valence-corrected chi connectivity index (χ3v) is 6.50. The molecule has 0 spiro atoms. The summed E-state index contributed by atoms with van der Waals surface area (Å²) < 4.78 is 2.15. The number of benzene rings is 1. The highest BCUT2D eigenvalue weighted by molar-refractivity contribution is 5.55.